The van der Waals surface area contributed by atoms with Crippen molar-refractivity contribution in [2.75, 3.05) is 0 Å². The van der Waals surface area contributed by atoms with Crippen LogP contribution >= 0.6 is 22.9 Å². The van der Waals surface area contributed by atoms with Crippen molar-refractivity contribution < 1.29 is 5.11 Å². The molecule has 0 fully saturated rings. The molecule has 3 rings (SSSR count). The number of aromatic hydroxyl groups is 1. The second-order valence-corrected chi connectivity index (χ2v) is 4.77. The summed E-state index contributed by atoms with van der Waals surface area (Å²) >= 11 is 7.56. The number of pyridine rings is 1. The number of thiophene rings is 1. The molecule has 0 aliphatic heterocycles. The summed E-state index contributed by atoms with van der Waals surface area (Å²) in [5, 5.41) is 12.1. The van der Waals surface area contributed by atoms with Crippen LogP contribution in [0.4, 0.5) is 0 Å². The molecule has 0 saturated heterocycles. The maximum atomic E-state index is 9.70. The van der Waals surface area contributed by atoms with Gasteiger partial charge in [0.25, 0.3) is 0 Å². The van der Waals surface area contributed by atoms with Crippen molar-refractivity contribution in [2.45, 2.75) is 0 Å². The molecule has 0 radical (unpaired) electrons. The third-order valence-corrected chi connectivity index (χ3v) is 3.69. The van der Waals surface area contributed by atoms with Gasteiger partial charge < -0.3 is 5.11 Å². The standard InChI is InChI=1S/C11H6ClNOS/c12-6-1-2-8-7(5-6)10-9(15-8)3-4-13-11(10)14/h1-5H,(H,13,14). The van der Waals surface area contributed by atoms with E-state index >= 15 is 0 Å². The zero-order chi connectivity index (χ0) is 10.4. The molecule has 0 unspecified atom stereocenters. The van der Waals surface area contributed by atoms with Crippen molar-refractivity contribution in [3.05, 3.63) is 35.5 Å². The van der Waals surface area contributed by atoms with Crippen LogP contribution in [0, 0.1) is 0 Å². The van der Waals surface area contributed by atoms with Gasteiger partial charge in [-0.25, -0.2) is 4.98 Å². The number of halogens is 1. The first-order valence-corrected chi connectivity index (χ1v) is 5.61. The van der Waals surface area contributed by atoms with Crippen molar-refractivity contribution >= 4 is 43.1 Å². The fourth-order valence-electron chi connectivity index (χ4n) is 1.68. The zero-order valence-electron chi connectivity index (χ0n) is 7.57. The number of hydrogen-bond donors (Lipinski definition) is 1. The first-order valence-electron chi connectivity index (χ1n) is 4.41. The Hall–Kier alpha value is -1.32. The molecule has 0 aliphatic rings. The van der Waals surface area contributed by atoms with Crippen molar-refractivity contribution in [2.24, 2.45) is 0 Å². The van der Waals surface area contributed by atoms with E-state index in [1.165, 1.54) is 0 Å². The smallest absolute Gasteiger partial charge is 0.220 e. The maximum Gasteiger partial charge on any atom is 0.220 e. The molecule has 74 valence electrons. The maximum absolute atomic E-state index is 9.70. The van der Waals surface area contributed by atoms with Crippen LogP contribution in [0.25, 0.3) is 20.2 Å². The second-order valence-electron chi connectivity index (χ2n) is 3.25. The number of aromatic nitrogens is 1. The number of hydrogen-bond acceptors (Lipinski definition) is 3. The zero-order valence-corrected chi connectivity index (χ0v) is 9.14. The Labute approximate surface area is 94.8 Å². The molecule has 0 aliphatic carbocycles. The summed E-state index contributed by atoms with van der Waals surface area (Å²) in [4.78, 5) is 3.88. The van der Waals surface area contributed by atoms with Gasteiger partial charge in [-0.2, -0.15) is 0 Å². The first-order chi connectivity index (χ1) is 7.25. The highest BCUT2D eigenvalue weighted by atomic mass is 35.5. The molecular formula is C11H6ClNOS. The Morgan fingerprint density at radius 3 is 2.93 bits per heavy atom. The van der Waals surface area contributed by atoms with E-state index in [1.54, 1.807) is 17.5 Å². The fourth-order valence-corrected chi connectivity index (χ4v) is 2.93. The van der Waals surface area contributed by atoms with E-state index in [-0.39, 0.29) is 5.88 Å². The highest BCUT2D eigenvalue weighted by molar-refractivity contribution is 7.25. The van der Waals surface area contributed by atoms with Crippen LogP contribution in [0.1, 0.15) is 0 Å². The highest BCUT2D eigenvalue weighted by Crippen LogP contribution is 2.38. The molecule has 0 atom stereocenters. The van der Waals surface area contributed by atoms with Gasteiger partial charge in [0.05, 0.1) is 5.39 Å². The summed E-state index contributed by atoms with van der Waals surface area (Å²) in [6.45, 7) is 0. The number of fused-ring (bicyclic) bond motifs is 3. The summed E-state index contributed by atoms with van der Waals surface area (Å²) < 4.78 is 2.14. The second kappa shape index (κ2) is 3.08. The van der Waals surface area contributed by atoms with Crippen molar-refractivity contribution in [1.29, 1.82) is 0 Å². The molecule has 3 aromatic rings. The summed E-state index contributed by atoms with van der Waals surface area (Å²) in [5.74, 6) is 0.0704. The molecule has 1 aromatic carbocycles. The minimum absolute atomic E-state index is 0.0704. The van der Waals surface area contributed by atoms with E-state index in [2.05, 4.69) is 4.98 Å². The largest absolute Gasteiger partial charge is 0.493 e. The van der Waals surface area contributed by atoms with Crippen LogP contribution in [-0.2, 0) is 0 Å². The van der Waals surface area contributed by atoms with Gasteiger partial charge in [-0.05, 0) is 24.3 Å². The predicted molar refractivity (Wildman–Crippen MR) is 63.8 cm³/mol. The SMILES string of the molecule is Oc1nccc2sc3ccc(Cl)cc3c12. The third kappa shape index (κ3) is 1.28. The lowest BCUT2D eigenvalue weighted by atomic mass is 10.2. The average Bonchev–Trinajstić information content (AvgIpc) is 2.57. The van der Waals surface area contributed by atoms with Gasteiger partial charge in [-0.3, -0.25) is 0 Å². The van der Waals surface area contributed by atoms with Crippen LogP contribution in [0.3, 0.4) is 0 Å². The van der Waals surface area contributed by atoms with Gasteiger partial charge in [0.1, 0.15) is 0 Å². The molecule has 15 heavy (non-hydrogen) atoms. The van der Waals surface area contributed by atoms with Crippen LogP contribution in [0.5, 0.6) is 5.88 Å². The topological polar surface area (TPSA) is 33.1 Å². The Morgan fingerprint density at radius 1 is 1.20 bits per heavy atom. The number of benzene rings is 1. The van der Waals surface area contributed by atoms with Crippen LogP contribution in [-0.4, -0.2) is 10.1 Å². The number of rotatable bonds is 0. The molecule has 2 nitrogen and oxygen atoms in total. The molecule has 0 saturated carbocycles. The minimum atomic E-state index is 0.0704. The van der Waals surface area contributed by atoms with Gasteiger partial charge >= 0.3 is 0 Å². The van der Waals surface area contributed by atoms with Crippen molar-refractivity contribution in [1.82, 2.24) is 4.98 Å². The van der Waals surface area contributed by atoms with Gasteiger partial charge in [-0.1, -0.05) is 11.6 Å². The van der Waals surface area contributed by atoms with E-state index in [0.29, 0.717) is 5.02 Å². The predicted octanol–water partition coefficient (Wildman–Crippen LogP) is 3.81. The van der Waals surface area contributed by atoms with Gasteiger partial charge in [-0.15, -0.1) is 11.3 Å². The highest BCUT2D eigenvalue weighted by Gasteiger charge is 2.09. The Balaban J connectivity index is 2.61. The first kappa shape index (κ1) is 8.95. The van der Waals surface area contributed by atoms with Gasteiger partial charge in [0, 0.05) is 26.0 Å². The van der Waals surface area contributed by atoms with Crippen LogP contribution < -0.4 is 0 Å². The Kier molecular flexibility index (Phi) is 1.84. The van der Waals surface area contributed by atoms with Crippen LogP contribution in [0.15, 0.2) is 30.5 Å². The van der Waals surface area contributed by atoms with E-state index < -0.39 is 0 Å². The fraction of sp³-hybridized carbons (Fsp3) is 0. The van der Waals surface area contributed by atoms with Crippen LogP contribution in [0.2, 0.25) is 5.02 Å². The molecule has 0 amide bonds. The third-order valence-electron chi connectivity index (χ3n) is 2.32. The van der Waals surface area contributed by atoms with Gasteiger partial charge in [0.2, 0.25) is 5.88 Å². The Morgan fingerprint density at radius 2 is 2.07 bits per heavy atom. The lowest BCUT2D eigenvalue weighted by Gasteiger charge is -1.94. The summed E-state index contributed by atoms with van der Waals surface area (Å²) in [6.07, 6.45) is 1.61. The van der Waals surface area contributed by atoms with Crippen molar-refractivity contribution in [3.63, 3.8) is 0 Å². The Bertz CT molecular complexity index is 662. The van der Waals surface area contributed by atoms with E-state index in [0.717, 1.165) is 20.2 Å². The summed E-state index contributed by atoms with van der Waals surface area (Å²) in [7, 11) is 0. The normalized spacial score (nSPS) is 11.3. The van der Waals surface area contributed by atoms with Crippen molar-refractivity contribution in [3.8, 4) is 5.88 Å². The quantitative estimate of drug-likeness (QED) is 0.643. The molecule has 0 spiro atoms. The molecule has 0 bridgehead atoms. The van der Waals surface area contributed by atoms with E-state index in [4.69, 9.17) is 11.6 Å². The molecular weight excluding hydrogens is 230 g/mol. The molecule has 2 heterocycles. The number of nitrogens with zero attached hydrogens (tertiary/aromatic N) is 1. The molecule has 4 heteroatoms. The monoisotopic (exact) mass is 235 g/mol. The minimum Gasteiger partial charge on any atom is -0.493 e. The summed E-state index contributed by atoms with van der Waals surface area (Å²) in [5.41, 5.74) is 0. The van der Waals surface area contributed by atoms with E-state index in [1.807, 2.05) is 24.3 Å². The lowest BCUT2D eigenvalue weighted by Crippen LogP contribution is -1.73. The van der Waals surface area contributed by atoms with Gasteiger partial charge in [0.15, 0.2) is 0 Å². The lowest BCUT2D eigenvalue weighted by molar-refractivity contribution is 0.461. The molecule has 1 N–H and O–H groups in total. The van der Waals surface area contributed by atoms with E-state index in [9.17, 15) is 5.11 Å². The average molecular weight is 236 g/mol. The molecule has 2 aromatic heterocycles. The summed E-state index contributed by atoms with van der Waals surface area (Å²) in [6, 6.07) is 7.57.